The number of nitrogens with one attached hydrogen (secondary N) is 1. The lowest BCUT2D eigenvalue weighted by Crippen LogP contribution is -2.31. The minimum atomic E-state index is 0.970. The molecule has 0 fully saturated rings. The fraction of sp³-hybridized carbons (Fsp3) is 0.333. The highest BCUT2D eigenvalue weighted by Gasteiger charge is 2.16. The van der Waals surface area contributed by atoms with Crippen molar-refractivity contribution >= 4 is 26.8 Å². The number of hydrogen-bond donors (Lipinski definition) is 1. The zero-order valence-corrected chi connectivity index (χ0v) is 16.1. The van der Waals surface area contributed by atoms with Gasteiger partial charge in [0.15, 0.2) is 0 Å². The predicted octanol–water partition coefficient (Wildman–Crippen LogP) is 4.93. The number of nitrogens with zero attached hydrogens (tertiary/aromatic N) is 1. The van der Waals surface area contributed by atoms with Crippen LogP contribution in [0.15, 0.2) is 47.1 Å². The molecule has 3 nitrogen and oxygen atoms in total. The van der Waals surface area contributed by atoms with Crippen LogP contribution in [0.4, 0.5) is 0 Å². The zero-order valence-electron chi connectivity index (χ0n) is 14.5. The number of ether oxygens (including phenoxy) is 1. The number of aromatic nitrogens is 1. The van der Waals surface area contributed by atoms with E-state index in [1.807, 2.05) is 0 Å². The Morgan fingerprint density at radius 3 is 2.96 bits per heavy atom. The van der Waals surface area contributed by atoms with E-state index < -0.39 is 0 Å². The van der Waals surface area contributed by atoms with E-state index in [1.165, 1.54) is 34.0 Å². The number of halogens is 1. The molecule has 0 amide bonds. The lowest BCUT2D eigenvalue weighted by molar-refractivity contribution is 0.251. The fourth-order valence-corrected chi connectivity index (χ4v) is 4.12. The summed E-state index contributed by atoms with van der Waals surface area (Å²) in [6.07, 6.45) is 5.58. The molecule has 0 radical (unpaired) electrons. The summed E-state index contributed by atoms with van der Waals surface area (Å²) in [6, 6.07) is 12.9. The van der Waals surface area contributed by atoms with Crippen LogP contribution in [0, 0.1) is 0 Å². The molecule has 1 aliphatic rings. The summed E-state index contributed by atoms with van der Waals surface area (Å²) >= 11 is 3.58. The number of aromatic amines is 1. The maximum absolute atomic E-state index is 5.34. The van der Waals surface area contributed by atoms with Gasteiger partial charge in [-0.3, -0.25) is 4.90 Å². The SMILES string of the molecule is COc1ccc2c(c1)CCN(CCCc1c[nH]c3ccc(Br)cc13)C2. The summed E-state index contributed by atoms with van der Waals surface area (Å²) in [6.45, 7) is 3.34. The van der Waals surface area contributed by atoms with Gasteiger partial charge in [0.25, 0.3) is 0 Å². The maximum atomic E-state index is 5.34. The molecule has 1 N–H and O–H groups in total. The van der Waals surface area contributed by atoms with E-state index in [4.69, 9.17) is 4.74 Å². The van der Waals surface area contributed by atoms with Crippen LogP contribution >= 0.6 is 15.9 Å². The van der Waals surface area contributed by atoms with Crippen molar-refractivity contribution in [3.8, 4) is 5.75 Å². The monoisotopic (exact) mass is 398 g/mol. The van der Waals surface area contributed by atoms with Gasteiger partial charge < -0.3 is 9.72 Å². The van der Waals surface area contributed by atoms with E-state index in [0.717, 1.165) is 42.7 Å². The Balaban J connectivity index is 1.36. The molecule has 0 spiro atoms. The first kappa shape index (κ1) is 16.7. The van der Waals surface area contributed by atoms with Crippen LogP contribution in [0.3, 0.4) is 0 Å². The van der Waals surface area contributed by atoms with Crippen LogP contribution in [0.2, 0.25) is 0 Å². The molecule has 1 aromatic heterocycles. The standard InChI is InChI=1S/C21H23BrN2O/c1-25-19-6-4-17-14-24(10-8-15(17)11-19)9-2-3-16-13-23-21-7-5-18(22)12-20(16)21/h4-7,11-13,23H,2-3,8-10,14H2,1H3. The average molecular weight is 399 g/mol. The maximum Gasteiger partial charge on any atom is 0.119 e. The molecule has 0 saturated heterocycles. The first-order valence-corrected chi connectivity index (χ1v) is 9.66. The van der Waals surface area contributed by atoms with Crippen molar-refractivity contribution in [3.05, 3.63) is 63.8 Å². The van der Waals surface area contributed by atoms with Gasteiger partial charge >= 0.3 is 0 Å². The molecule has 130 valence electrons. The molecule has 0 saturated carbocycles. The van der Waals surface area contributed by atoms with Crippen LogP contribution < -0.4 is 4.74 Å². The molecule has 25 heavy (non-hydrogen) atoms. The van der Waals surface area contributed by atoms with Gasteiger partial charge in [-0.1, -0.05) is 22.0 Å². The van der Waals surface area contributed by atoms with Gasteiger partial charge in [-0.05, 0) is 72.8 Å². The van der Waals surface area contributed by atoms with Crippen LogP contribution in [-0.2, 0) is 19.4 Å². The first-order chi connectivity index (χ1) is 12.2. The number of hydrogen-bond acceptors (Lipinski definition) is 2. The second-order valence-electron chi connectivity index (χ2n) is 6.77. The highest BCUT2D eigenvalue weighted by molar-refractivity contribution is 9.10. The van der Waals surface area contributed by atoms with E-state index in [-0.39, 0.29) is 0 Å². The average Bonchev–Trinajstić information content (AvgIpc) is 3.03. The van der Waals surface area contributed by atoms with E-state index in [9.17, 15) is 0 Å². The van der Waals surface area contributed by atoms with Gasteiger partial charge in [0, 0.05) is 34.7 Å². The molecule has 0 unspecified atom stereocenters. The van der Waals surface area contributed by atoms with Crippen molar-refractivity contribution in [2.24, 2.45) is 0 Å². The molecule has 3 aromatic rings. The number of aryl methyl sites for hydroxylation is 1. The summed E-state index contributed by atoms with van der Waals surface area (Å²) in [5, 5.41) is 1.34. The van der Waals surface area contributed by atoms with E-state index >= 15 is 0 Å². The smallest absolute Gasteiger partial charge is 0.119 e. The second kappa shape index (κ2) is 7.22. The lowest BCUT2D eigenvalue weighted by atomic mass is 9.99. The van der Waals surface area contributed by atoms with E-state index in [2.05, 4.69) is 68.4 Å². The Kier molecular flexibility index (Phi) is 4.82. The van der Waals surface area contributed by atoms with Crippen molar-refractivity contribution in [1.82, 2.24) is 9.88 Å². The Labute approximate surface area is 157 Å². The zero-order chi connectivity index (χ0) is 17.2. The van der Waals surface area contributed by atoms with Crippen LogP contribution in [0.1, 0.15) is 23.1 Å². The van der Waals surface area contributed by atoms with Gasteiger partial charge in [0.2, 0.25) is 0 Å². The summed E-state index contributed by atoms with van der Waals surface area (Å²) in [5.74, 6) is 0.970. The van der Waals surface area contributed by atoms with Crippen molar-refractivity contribution in [1.29, 1.82) is 0 Å². The van der Waals surface area contributed by atoms with Crippen molar-refractivity contribution in [3.63, 3.8) is 0 Å². The Morgan fingerprint density at radius 1 is 1.16 bits per heavy atom. The van der Waals surface area contributed by atoms with Crippen LogP contribution in [0.25, 0.3) is 10.9 Å². The highest BCUT2D eigenvalue weighted by atomic mass is 79.9. The normalized spacial score (nSPS) is 14.6. The third kappa shape index (κ3) is 3.60. The molecule has 0 atom stereocenters. The van der Waals surface area contributed by atoms with Crippen LogP contribution in [0.5, 0.6) is 5.75 Å². The number of H-pyrrole nitrogens is 1. The molecule has 2 aromatic carbocycles. The Hall–Kier alpha value is -1.78. The molecule has 0 bridgehead atoms. The number of fused-ring (bicyclic) bond motifs is 2. The molecule has 1 aliphatic heterocycles. The van der Waals surface area contributed by atoms with Crippen molar-refractivity contribution < 1.29 is 4.74 Å². The molecule has 0 aliphatic carbocycles. The van der Waals surface area contributed by atoms with E-state index in [0.29, 0.717) is 0 Å². The third-order valence-corrected chi connectivity index (χ3v) is 5.65. The fourth-order valence-electron chi connectivity index (χ4n) is 3.76. The molecular formula is C21H23BrN2O. The molecule has 4 rings (SSSR count). The minimum absolute atomic E-state index is 0.970. The van der Waals surface area contributed by atoms with Crippen molar-refractivity contribution in [2.45, 2.75) is 25.8 Å². The summed E-state index contributed by atoms with van der Waals surface area (Å²) in [7, 11) is 1.74. The quantitative estimate of drug-likeness (QED) is 0.659. The number of rotatable bonds is 5. The van der Waals surface area contributed by atoms with Gasteiger partial charge in [-0.15, -0.1) is 0 Å². The van der Waals surface area contributed by atoms with Crippen LogP contribution in [-0.4, -0.2) is 30.1 Å². The minimum Gasteiger partial charge on any atom is -0.497 e. The highest BCUT2D eigenvalue weighted by Crippen LogP contribution is 2.25. The lowest BCUT2D eigenvalue weighted by Gasteiger charge is -2.29. The number of benzene rings is 2. The van der Waals surface area contributed by atoms with Gasteiger partial charge in [0.1, 0.15) is 5.75 Å². The van der Waals surface area contributed by atoms with Gasteiger partial charge in [-0.2, -0.15) is 0 Å². The summed E-state index contributed by atoms with van der Waals surface area (Å²) < 4.78 is 6.48. The Morgan fingerprint density at radius 2 is 2.08 bits per heavy atom. The molecule has 2 heterocycles. The van der Waals surface area contributed by atoms with E-state index in [1.54, 1.807) is 7.11 Å². The third-order valence-electron chi connectivity index (χ3n) is 5.15. The molecule has 4 heteroatoms. The molecular weight excluding hydrogens is 376 g/mol. The van der Waals surface area contributed by atoms with Gasteiger partial charge in [-0.25, -0.2) is 0 Å². The Bertz CT molecular complexity index is 887. The topological polar surface area (TPSA) is 28.3 Å². The summed E-state index contributed by atoms with van der Waals surface area (Å²) in [5.41, 5.74) is 5.53. The predicted molar refractivity (Wildman–Crippen MR) is 106 cm³/mol. The second-order valence-corrected chi connectivity index (χ2v) is 7.68. The number of methoxy groups -OCH3 is 1. The summed E-state index contributed by atoms with van der Waals surface area (Å²) in [4.78, 5) is 5.95. The van der Waals surface area contributed by atoms with Gasteiger partial charge in [0.05, 0.1) is 7.11 Å². The van der Waals surface area contributed by atoms with Crippen molar-refractivity contribution in [2.75, 3.05) is 20.2 Å². The first-order valence-electron chi connectivity index (χ1n) is 8.86. The largest absolute Gasteiger partial charge is 0.497 e.